The van der Waals surface area contributed by atoms with E-state index in [1.165, 1.54) is 11.3 Å². The lowest BCUT2D eigenvalue weighted by Crippen LogP contribution is -2.45. The summed E-state index contributed by atoms with van der Waals surface area (Å²) in [5, 5.41) is 5.05. The van der Waals surface area contributed by atoms with Crippen molar-refractivity contribution in [2.45, 2.75) is 39.3 Å². The number of primary amides is 1. The van der Waals surface area contributed by atoms with Crippen molar-refractivity contribution in [3.63, 3.8) is 0 Å². The summed E-state index contributed by atoms with van der Waals surface area (Å²) in [6.45, 7) is 5.27. The van der Waals surface area contributed by atoms with Gasteiger partial charge in [-0.05, 0) is 30.4 Å². The molecule has 1 aliphatic rings. The van der Waals surface area contributed by atoms with E-state index < -0.39 is 5.91 Å². The third kappa shape index (κ3) is 3.69. The highest BCUT2D eigenvalue weighted by molar-refractivity contribution is 7.14. The van der Waals surface area contributed by atoms with Crippen molar-refractivity contribution in [1.29, 1.82) is 0 Å². The molecule has 2 amide bonds. The third-order valence-electron chi connectivity index (χ3n) is 4.44. The summed E-state index contributed by atoms with van der Waals surface area (Å²) in [7, 11) is 0. The molecule has 2 aromatic rings. The van der Waals surface area contributed by atoms with Crippen LogP contribution in [0, 0.1) is 0 Å². The Balaban J connectivity index is 1.70. The van der Waals surface area contributed by atoms with Crippen LogP contribution in [-0.4, -0.2) is 39.3 Å². The molecule has 1 unspecified atom stereocenters. The number of nitrogens with one attached hydrogen (secondary N) is 1. The van der Waals surface area contributed by atoms with Crippen molar-refractivity contribution in [1.82, 2.24) is 14.9 Å². The van der Waals surface area contributed by atoms with Crippen LogP contribution in [0.3, 0.4) is 0 Å². The van der Waals surface area contributed by atoms with Crippen LogP contribution in [-0.2, 0) is 24.2 Å². The number of amides is 2. The lowest BCUT2D eigenvalue weighted by Gasteiger charge is -2.32. The summed E-state index contributed by atoms with van der Waals surface area (Å²) in [4.78, 5) is 35.0. The average molecular weight is 359 g/mol. The zero-order valence-corrected chi connectivity index (χ0v) is 15.1. The number of fused-ring (bicyclic) bond motifs is 1. The standard InChI is InChI=1S/C17H21N5O2S/c1-3-14-19-8-11-4-6-22(9-13(11)20-14)10(2)16(24)21-17-12(15(18)23)5-7-25-17/h5,7-8,10H,3-4,6,9H2,1-2H3,(H2,18,23)(H,21,24). The van der Waals surface area contributed by atoms with Crippen molar-refractivity contribution < 1.29 is 9.59 Å². The number of thiophene rings is 1. The molecule has 132 valence electrons. The Bertz CT molecular complexity index is 804. The SMILES string of the molecule is CCc1ncc2c(n1)CN(C(C)C(=O)Nc1sccc1C(N)=O)CC2. The molecule has 3 rings (SSSR count). The molecule has 7 nitrogen and oxygen atoms in total. The van der Waals surface area contributed by atoms with Gasteiger partial charge in [0.25, 0.3) is 5.91 Å². The number of carbonyl (C=O) groups excluding carboxylic acids is 2. The van der Waals surface area contributed by atoms with Crippen molar-refractivity contribution in [2.24, 2.45) is 5.73 Å². The van der Waals surface area contributed by atoms with Crippen molar-refractivity contribution in [3.8, 4) is 0 Å². The van der Waals surface area contributed by atoms with Crippen molar-refractivity contribution in [3.05, 3.63) is 40.3 Å². The first kappa shape index (κ1) is 17.5. The Hall–Kier alpha value is -2.32. The molecule has 1 atom stereocenters. The number of rotatable bonds is 5. The van der Waals surface area contributed by atoms with Crippen LogP contribution >= 0.6 is 11.3 Å². The molecule has 0 bridgehead atoms. The molecule has 0 spiro atoms. The van der Waals surface area contributed by atoms with Crippen LogP contribution in [0.2, 0.25) is 0 Å². The van der Waals surface area contributed by atoms with E-state index in [9.17, 15) is 9.59 Å². The number of aryl methyl sites for hydroxylation is 1. The maximum Gasteiger partial charge on any atom is 0.251 e. The quantitative estimate of drug-likeness (QED) is 0.844. The predicted octanol–water partition coefficient (Wildman–Crippen LogP) is 1.58. The summed E-state index contributed by atoms with van der Waals surface area (Å²) in [6.07, 6.45) is 3.51. The van der Waals surface area contributed by atoms with Gasteiger partial charge in [-0.15, -0.1) is 11.3 Å². The minimum absolute atomic E-state index is 0.154. The molecule has 2 aromatic heterocycles. The van der Waals surface area contributed by atoms with Gasteiger partial charge in [0.1, 0.15) is 10.8 Å². The van der Waals surface area contributed by atoms with Gasteiger partial charge in [-0.2, -0.15) is 0 Å². The first-order chi connectivity index (χ1) is 12.0. The van der Waals surface area contributed by atoms with Gasteiger partial charge < -0.3 is 11.1 Å². The molecule has 0 aromatic carbocycles. The number of nitrogens with two attached hydrogens (primary N) is 1. The molecule has 25 heavy (non-hydrogen) atoms. The fourth-order valence-corrected chi connectivity index (χ4v) is 3.64. The van der Waals surface area contributed by atoms with Gasteiger partial charge in [-0.3, -0.25) is 14.5 Å². The predicted molar refractivity (Wildman–Crippen MR) is 96.5 cm³/mol. The number of hydrogen-bond donors (Lipinski definition) is 2. The molecule has 0 saturated carbocycles. The van der Waals surface area contributed by atoms with Crippen LogP contribution in [0.5, 0.6) is 0 Å². The molecule has 1 aliphatic heterocycles. The number of anilines is 1. The van der Waals surface area contributed by atoms with Gasteiger partial charge in [0.05, 0.1) is 17.3 Å². The van der Waals surface area contributed by atoms with Gasteiger partial charge >= 0.3 is 0 Å². The summed E-state index contributed by atoms with van der Waals surface area (Å²) in [5.41, 5.74) is 7.81. The molecule has 3 N–H and O–H groups in total. The highest BCUT2D eigenvalue weighted by Gasteiger charge is 2.27. The van der Waals surface area contributed by atoms with Gasteiger partial charge in [-0.1, -0.05) is 6.92 Å². The molecular weight excluding hydrogens is 338 g/mol. The van der Waals surface area contributed by atoms with E-state index in [1.807, 2.05) is 20.0 Å². The smallest absolute Gasteiger partial charge is 0.251 e. The molecule has 0 fully saturated rings. The highest BCUT2D eigenvalue weighted by Crippen LogP contribution is 2.24. The minimum atomic E-state index is -0.542. The Kier molecular flexibility index (Phi) is 5.10. The van der Waals surface area contributed by atoms with E-state index in [1.54, 1.807) is 11.4 Å². The van der Waals surface area contributed by atoms with E-state index in [0.29, 0.717) is 17.1 Å². The largest absolute Gasteiger partial charge is 0.366 e. The van der Waals surface area contributed by atoms with E-state index in [-0.39, 0.29) is 11.9 Å². The summed E-state index contributed by atoms with van der Waals surface area (Å²) >= 11 is 1.29. The van der Waals surface area contributed by atoms with E-state index >= 15 is 0 Å². The van der Waals surface area contributed by atoms with Gasteiger partial charge in [0, 0.05) is 25.7 Å². The summed E-state index contributed by atoms with van der Waals surface area (Å²) in [6, 6.07) is 1.28. The van der Waals surface area contributed by atoms with Gasteiger partial charge in [-0.25, -0.2) is 9.97 Å². The molecular formula is C17H21N5O2S. The van der Waals surface area contributed by atoms with Crippen LogP contribution in [0.25, 0.3) is 0 Å². The number of nitrogens with zero attached hydrogens (tertiary/aromatic N) is 3. The number of carbonyl (C=O) groups is 2. The molecule has 0 saturated heterocycles. The van der Waals surface area contributed by atoms with Crippen molar-refractivity contribution >= 4 is 28.2 Å². The Morgan fingerprint density at radius 1 is 1.48 bits per heavy atom. The van der Waals surface area contributed by atoms with Gasteiger partial charge in [0.15, 0.2) is 0 Å². The second-order valence-corrected chi connectivity index (χ2v) is 6.94. The minimum Gasteiger partial charge on any atom is -0.366 e. The van der Waals surface area contributed by atoms with E-state index in [0.717, 1.165) is 36.5 Å². The van der Waals surface area contributed by atoms with E-state index in [2.05, 4.69) is 20.2 Å². The zero-order chi connectivity index (χ0) is 18.0. The van der Waals surface area contributed by atoms with E-state index in [4.69, 9.17) is 5.73 Å². The Morgan fingerprint density at radius 3 is 3.00 bits per heavy atom. The lowest BCUT2D eigenvalue weighted by molar-refractivity contribution is -0.121. The monoisotopic (exact) mass is 359 g/mol. The normalized spacial score (nSPS) is 15.4. The number of hydrogen-bond acceptors (Lipinski definition) is 6. The lowest BCUT2D eigenvalue weighted by atomic mass is 10.0. The summed E-state index contributed by atoms with van der Waals surface area (Å²) in [5.74, 6) is 0.125. The Labute approximate surface area is 150 Å². The van der Waals surface area contributed by atoms with Crippen molar-refractivity contribution in [2.75, 3.05) is 11.9 Å². The molecule has 3 heterocycles. The fourth-order valence-electron chi connectivity index (χ4n) is 2.85. The van der Waals surface area contributed by atoms with Crippen LogP contribution < -0.4 is 11.1 Å². The fraction of sp³-hybridized carbons (Fsp3) is 0.412. The highest BCUT2D eigenvalue weighted by atomic mass is 32.1. The first-order valence-electron chi connectivity index (χ1n) is 8.25. The zero-order valence-electron chi connectivity index (χ0n) is 14.3. The summed E-state index contributed by atoms with van der Waals surface area (Å²) < 4.78 is 0. The van der Waals surface area contributed by atoms with Crippen LogP contribution in [0.1, 0.15) is 41.3 Å². The molecule has 8 heteroatoms. The number of aromatic nitrogens is 2. The van der Waals surface area contributed by atoms with Crippen LogP contribution in [0.4, 0.5) is 5.00 Å². The molecule has 0 radical (unpaired) electrons. The van der Waals surface area contributed by atoms with Crippen LogP contribution in [0.15, 0.2) is 17.6 Å². The third-order valence-corrected chi connectivity index (χ3v) is 5.27. The average Bonchev–Trinajstić information content (AvgIpc) is 3.08. The first-order valence-corrected chi connectivity index (χ1v) is 9.13. The second-order valence-electron chi connectivity index (χ2n) is 6.03. The molecule has 0 aliphatic carbocycles. The Morgan fingerprint density at radius 2 is 2.28 bits per heavy atom. The maximum atomic E-state index is 12.6. The second kappa shape index (κ2) is 7.28. The maximum absolute atomic E-state index is 12.6. The topological polar surface area (TPSA) is 101 Å². The van der Waals surface area contributed by atoms with Gasteiger partial charge in [0.2, 0.25) is 5.91 Å².